The Morgan fingerprint density at radius 3 is 2.49 bits per heavy atom. The van der Waals surface area contributed by atoms with Crippen molar-refractivity contribution in [1.82, 2.24) is 10.2 Å². The number of aromatic hydroxyl groups is 1. The lowest BCUT2D eigenvalue weighted by atomic mass is 9.55. The number of allylic oxidation sites excluding steroid dienone is 1. The number of aliphatic hydroxyl groups excluding tert-OH is 2. The average Bonchev–Trinajstić information content (AvgIpc) is 3.67. The summed E-state index contributed by atoms with van der Waals surface area (Å²) in [5.41, 5.74) is 4.04. The molecule has 5 N–H and O–H groups in total. The van der Waals surface area contributed by atoms with Gasteiger partial charge in [-0.2, -0.15) is 0 Å². The number of phenols is 1. The minimum Gasteiger partial charge on any atom is -0.508 e. The third kappa shape index (κ3) is 8.13. The van der Waals surface area contributed by atoms with Crippen LogP contribution in [0.1, 0.15) is 80.9 Å². The zero-order valence-corrected chi connectivity index (χ0v) is 31.4. The van der Waals surface area contributed by atoms with Crippen molar-refractivity contribution in [2.24, 2.45) is 22.9 Å². The summed E-state index contributed by atoms with van der Waals surface area (Å²) in [4.78, 5) is 22.1. The Morgan fingerprint density at radius 1 is 0.945 bits per heavy atom. The van der Waals surface area contributed by atoms with E-state index in [4.69, 9.17) is 24.2 Å². The number of benzene rings is 3. The minimum absolute atomic E-state index is 0.000311. The lowest BCUT2D eigenvalue weighted by molar-refractivity contribution is -0.228. The number of oxime groups is 1. The number of unbranched alkanes of at least 4 members (excludes halogenated alkanes) is 2. The Bertz CT molecular complexity index is 1850. The molecule has 294 valence electrons. The molecule has 2 heterocycles. The van der Waals surface area contributed by atoms with Gasteiger partial charge < -0.3 is 49.7 Å². The van der Waals surface area contributed by atoms with Crippen LogP contribution in [0.2, 0.25) is 0 Å². The fourth-order valence-electron chi connectivity index (χ4n) is 9.01. The molecule has 2 amide bonds. The van der Waals surface area contributed by atoms with Crippen LogP contribution < -0.4 is 19.5 Å². The Kier molecular flexibility index (Phi) is 12.1. The normalized spacial score (nSPS) is 25.3. The van der Waals surface area contributed by atoms with Gasteiger partial charge in [0.2, 0.25) is 12.6 Å². The van der Waals surface area contributed by atoms with Crippen molar-refractivity contribution in [3.05, 3.63) is 95.1 Å². The number of nitrogens with zero attached hydrogens (tertiary/aromatic N) is 2. The van der Waals surface area contributed by atoms with Gasteiger partial charge in [0.1, 0.15) is 24.1 Å². The molecule has 0 radical (unpaired) electrons. The summed E-state index contributed by atoms with van der Waals surface area (Å²) in [5.74, 6) is -0.949. The molecular weight excluding hydrogens is 702 g/mol. The number of hydrogen-bond donors (Lipinski definition) is 5. The van der Waals surface area contributed by atoms with E-state index >= 15 is 0 Å². The second-order valence-electron chi connectivity index (χ2n) is 15.0. The molecule has 2 aliphatic heterocycles. The van der Waals surface area contributed by atoms with Gasteiger partial charge in [-0.05, 0) is 91.0 Å². The van der Waals surface area contributed by atoms with Gasteiger partial charge in [0.25, 0.3) is 0 Å². The Hall–Kier alpha value is -4.78. The van der Waals surface area contributed by atoms with Crippen LogP contribution in [0.3, 0.4) is 0 Å². The standard InChI is InChI=1S/C43H53N3O9/c1-2-18-46(42(50)44-25-29-14-16-37-38(21-29)53-27-52-37)39-24-35(45-54-26-28-10-4-3-5-11-28)33-22-30(12-6-8-19-47)32(13-7-9-20-48)40-34-23-31(49)15-17-36(34)55-43(39,51)41(33)40/h3-5,10-11,14-17,21-23,30,32,39-41,47-49,51H,2,6-9,12-13,18-20,24-27H2,1H3,(H,44,50)/t30-,32+,39-,40+,41+,43+/m0/s1. The molecule has 3 aromatic rings. The molecule has 2 aliphatic carbocycles. The van der Waals surface area contributed by atoms with Crippen molar-refractivity contribution < 1.29 is 44.3 Å². The van der Waals surface area contributed by atoms with Crippen molar-refractivity contribution >= 4 is 11.7 Å². The van der Waals surface area contributed by atoms with Crippen LogP contribution in [0.15, 0.2) is 83.5 Å². The van der Waals surface area contributed by atoms with E-state index in [0.29, 0.717) is 48.8 Å². The zero-order chi connectivity index (χ0) is 38.4. The molecule has 4 aliphatic rings. The molecule has 0 aromatic heterocycles. The van der Waals surface area contributed by atoms with Crippen molar-refractivity contribution in [2.45, 2.75) is 89.2 Å². The number of aliphatic hydroxyl groups is 3. The molecule has 3 aromatic carbocycles. The highest BCUT2D eigenvalue weighted by Crippen LogP contribution is 2.60. The largest absolute Gasteiger partial charge is 0.508 e. The number of ether oxygens (including phenoxy) is 3. The molecule has 55 heavy (non-hydrogen) atoms. The molecule has 1 fully saturated rings. The van der Waals surface area contributed by atoms with E-state index < -0.39 is 17.7 Å². The first kappa shape index (κ1) is 38.5. The molecule has 0 spiro atoms. The van der Waals surface area contributed by atoms with Crippen molar-refractivity contribution in [3.8, 4) is 23.0 Å². The van der Waals surface area contributed by atoms with Crippen LogP contribution in [-0.2, 0) is 18.0 Å². The number of fused-ring (bicyclic) bond motifs is 3. The number of phenolic OH excluding ortho intramolecular Hbond substituents is 1. The summed E-state index contributed by atoms with van der Waals surface area (Å²) >= 11 is 0. The highest BCUT2D eigenvalue weighted by atomic mass is 16.7. The first-order valence-electron chi connectivity index (χ1n) is 19.7. The third-order valence-corrected chi connectivity index (χ3v) is 11.5. The van der Waals surface area contributed by atoms with Gasteiger partial charge in [-0.25, -0.2) is 4.79 Å². The maximum Gasteiger partial charge on any atom is 0.318 e. The SMILES string of the molecule is CCCN(C(=O)NCc1ccc2c(c1)OCO2)[C@H]1CC(=NOCc2ccccc2)C2=C[C@H](CCCCO)[C@@H](CCCCO)[C@@H]3c4cc(O)ccc4O[C@@]1(O)[C@H]23. The first-order valence-corrected chi connectivity index (χ1v) is 19.7. The van der Waals surface area contributed by atoms with Gasteiger partial charge in [-0.1, -0.05) is 67.4 Å². The van der Waals surface area contributed by atoms with Crippen LogP contribution in [0.5, 0.6) is 23.0 Å². The van der Waals surface area contributed by atoms with Crippen molar-refractivity contribution in [3.63, 3.8) is 0 Å². The summed E-state index contributed by atoms with van der Waals surface area (Å²) in [7, 11) is 0. The van der Waals surface area contributed by atoms with E-state index in [2.05, 4.69) is 11.4 Å². The highest BCUT2D eigenvalue weighted by molar-refractivity contribution is 6.03. The number of rotatable bonds is 16. The quantitative estimate of drug-likeness (QED) is 0.0827. The maximum atomic E-state index is 14.4. The van der Waals surface area contributed by atoms with Gasteiger partial charge in [-0.15, -0.1) is 0 Å². The van der Waals surface area contributed by atoms with Gasteiger partial charge in [0.05, 0.1) is 11.6 Å². The summed E-state index contributed by atoms with van der Waals surface area (Å²) in [5, 5.41) is 51.4. The summed E-state index contributed by atoms with van der Waals surface area (Å²) in [6, 6.07) is 19.1. The van der Waals surface area contributed by atoms with Crippen LogP contribution in [0, 0.1) is 17.8 Å². The van der Waals surface area contributed by atoms with E-state index in [0.717, 1.165) is 47.9 Å². The minimum atomic E-state index is -1.87. The topological polar surface area (TPSA) is 163 Å². The molecule has 7 rings (SSSR count). The third-order valence-electron chi connectivity index (χ3n) is 11.5. The molecule has 0 unspecified atom stereocenters. The second kappa shape index (κ2) is 17.3. The molecule has 0 bridgehead atoms. The van der Waals surface area contributed by atoms with Crippen LogP contribution >= 0.6 is 0 Å². The van der Waals surface area contributed by atoms with Gasteiger partial charge >= 0.3 is 6.03 Å². The monoisotopic (exact) mass is 755 g/mol. The number of carbonyl (C=O) groups excluding carboxylic acids is 1. The smallest absolute Gasteiger partial charge is 0.318 e. The summed E-state index contributed by atoms with van der Waals surface area (Å²) < 4.78 is 17.7. The summed E-state index contributed by atoms with van der Waals surface area (Å²) in [6.45, 7) is 3.13. The van der Waals surface area contributed by atoms with Crippen molar-refractivity contribution in [1.29, 1.82) is 0 Å². The molecule has 1 saturated carbocycles. The lowest BCUT2D eigenvalue weighted by Gasteiger charge is -2.58. The zero-order valence-electron chi connectivity index (χ0n) is 31.4. The van der Waals surface area contributed by atoms with Crippen LogP contribution in [0.25, 0.3) is 0 Å². The van der Waals surface area contributed by atoms with Gasteiger partial charge in [-0.3, -0.25) is 0 Å². The number of urea groups is 1. The number of hydrogen-bond acceptors (Lipinski definition) is 10. The predicted octanol–water partition coefficient (Wildman–Crippen LogP) is 6.37. The first-order chi connectivity index (χ1) is 26.8. The molecule has 6 atom stereocenters. The van der Waals surface area contributed by atoms with E-state index in [9.17, 15) is 25.2 Å². The van der Waals surface area contributed by atoms with Gasteiger partial charge in [0, 0.05) is 44.2 Å². The number of amides is 2. The lowest BCUT2D eigenvalue weighted by Crippen LogP contribution is -2.69. The highest BCUT2D eigenvalue weighted by Gasteiger charge is 2.64. The summed E-state index contributed by atoms with van der Waals surface area (Å²) in [6.07, 6.45) is 7.45. The molecule has 12 heteroatoms. The second-order valence-corrected chi connectivity index (χ2v) is 15.0. The van der Waals surface area contributed by atoms with Gasteiger partial charge in [0.15, 0.2) is 11.5 Å². The Morgan fingerprint density at radius 2 is 1.71 bits per heavy atom. The number of nitrogens with one attached hydrogen (secondary N) is 1. The average molecular weight is 756 g/mol. The fraction of sp³-hybridized carbons (Fsp3) is 0.488. The molecular formula is C43H53N3O9. The Balaban J connectivity index is 1.30. The Labute approximate surface area is 322 Å². The van der Waals surface area contributed by atoms with E-state index in [1.165, 1.54) is 0 Å². The van der Waals surface area contributed by atoms with E-state index in [-0.39, 0.29) is 69.1 Å². The van der Waals surface area contributed by atoms with E-state index in [1.54, 1.807) is 23.1 Å². The molecule has 0 saturated heterocycles. The van der Waals surface area contributed by atoms with Crippen LogP contribution in [0.4, 0.5) is 4.79 Å². The van der Waals surface area contributed by atoms with Crippen LogP contribution in [-0.4, -0.2) is 75.4 Å². The fourth-order valence-corrected chi connectivity index (χ4v) is 9.01. The molecule has 12 nitrogen and oxygen atoms in total. The maximum absolute atomic E-state index is 14.4. The van der Waals surface area contributed by atoms with Crippen molar-refractivity contribution in [2.75, 3.05) is 26.6 Å². The predicted molar refractivity (Wildman–Crippen MR) is 206 cm³/mol. The number of carbonyl (C=O) groups is 1. The van der Waals surface area contributed by atoms with E-state index in [1.807, 2.05) is 55.5 Å².